The molecule has 4 N–H and O–H groups in total. The van der Waals surface area contributed by atoms with Gasteiger partial charge in [0.05, 0.1) is 35.3 Å². The number of alkyl halides is 1. The number of nitriles is 1. The lowest BCUT2D eigenvalue weighted by molar-refractivity contribution is -0.116. The predicted molar refractivity (Wildman–Crippen MR) is 166 cm³/mol. The van der Waals surface area contributed by atoms with Gasteiger partial charge in [-0.05, 0) is 71.1 Å². The Morgan fingerprint density at radius 1 is 1.17 bits per heavy atom. The van der Waals surface area contributed by atoms with E-state index in [1.165, 1.54) is 0 Å². The van der Waals surface area contributed by atoms with Gasteiger partial charge in [-0.25, -0.2) is 0 Å². The molecule has 222 valence electrons. The molecule has 0 radical (unpaired) electrons. The zero-order chi connectivity index (χ0) is 29.4. The second-order valence-electron chi connectivity index (χ2n) is 10.8. The number of nitrogens with zero attached hydrogens (tertiary/aromatic N) is 2. The summed E-state index contributed by atoms with van der Waals surface area (Å²) in [6.07, 6.45) is 3.07. The Morgan fingerprint density at radius 2 is 2.00 bits per heavy atom. The average molecular weight is 604 g/mol. The number of benzene rings is 2. The fraction of sp³-hybridized carbons (Fsp3) is 0.533. The number of halogens is 2. The average Bonchev–Trinajstić information content (AvgIpc) is 2.94. The minimum absolute atomic E-state index is 0.0777. The summed E-state index contributed by atoms with van der Waals surface area (Å²) in [5, 5.41) is 23.9. The highest BCUT2D eigenvalue weighted by molar-refractivity contribution is 6.32. The Hall–Kier alpha value is -2.90. The van der Waals surface area contributed by atoms with Crippen molar-refractivity contribution in [2.24, 2.45) is 5.92 Å². The van der Waals surface area contributed by atoms with E-state index in [0.717, 1.165) is 49.3 Å². The van der Waals surface area contributed by atoms with Gasteiger partial charge in [-0.1, -0.05) is 11.6 Å². The van der Waals surface area contributed by atoms with Crippen molar-refractivity contribution in [2.45, 2.75) is 50.1 Å². The Balaban J connectivity index is 1.51. The molecule has 2 aliphatic heterocycles. The quantitative estimate of drug-likeness (QED) is 0.236. The summed E-state index contributed by atoms with van der Waals surface area (Å²) < 4.78 is 11.9. The summed E-state index contributed by atoms with van der Waals surface area (Å²) in [6.45, 7) is 4.95. The van der Waals surface area contributed by atoms with Gasteiger partial charge < -0.3 is 35.6 Å². The lowest BCUT2D eigenvalue weighted by atomic mass is 9.88. The van der Waals surface area contributed by atoms with Gasteiger partial charge in [0.15, 0.2) is 0 Å². The van der Waals surface area contributed by atoms with E-state index < -0.39 is 0 Å². The molecule has 4 atom stereocenters. The van der Waals surface area contributed by atoms with Crippen LogP contribution in [0.2, 0.25) is 5.02 Å². The number of carbonyl (C=O) groups excluding carboxylic acids is 1. The van der Waals surface area contributed by atoms with Crippen LogP contribution in [0.4, 0.5) is 17.1 Å². The number of rotatable bonds is 12. The first-order chi connectivity index (χ1) is 19.8. The Morgan fingerprint density at radius 3 is 2.68 bits per heavy atom. The van der Waals surface area contributed by atoms with Crippen molar-refractivity contribution in [3.8, 4) is 17.6 Å². The van der Waals surface area contributed by atoms with Gasteiger partial charge in [-0.15, -0.1) is 11.6 Å². The van der Waals surface area contributed by atoms with E-state index in [0.29, 0.717) is 48.4 Å². The number of piperidine rings is 1. The van der Waals surface area contributed by atoms with Crippen LogP contribution in [0.5, 0.6) is 11.5 Å². The molecule has 4 rings (SSSR count). The largest absolute Gasteiger partial charge is 0.492 e. The van der Waals surface area contributed by atoms with Crippen molar-refractivity contribution in [1.29, 1.82) is 5.26 Å². The molecule has 2 aromatic carbocycles. The zero-order valence-corrected chi connectivity index (χ0v) is 25.4. The van der Waals surface area contributed by atoms with Gasteiger partial charge in [0, 0.05) is 53.9 Å². The van der Waals surface area contributed by atoms with Gasteiger partial charge in [-0.2, -0.15) is 5.26 Å². The molecule has 2 aliphatic rings. The van der Waals surface area contributed by atoms with Crippen LogP contribution in [0.1, 0.15) is 44.2 Å². The number of nitrogens with one attached hydrogen (secondary N) is 4. The van der Waals surface area contributed by atoms with Gasteiger partial charge in [0.2, 0.25) is 5.91 Å². The molecule has 1 saturated heterocycles. The molecule has 4 unspecified atom stereocenters. The molecule has 1 amide bonds. The summed E-state index contributed by atoms with van der Waals surface area (Å²) >= 11 is 12.8. The molecule has 41 heavy (non-hydrogen) atoms. The van der Waals surface area contributed by atoms with E-state index in [1.54, 1.807) is 0 Å². The second-order valence-corrected chi connectivity index (χ2v) is 11.8. The fourth-order valence-electron chi connectivity index (χ4n) is 5.10. The molecule has 0 saturated carbocycles. The number of amides is 1. The van der Waals surface area contributed by atoms with E-state index >= 15 is 0 Å². The topological polar surface area (TPSA) is 111 Å². The van der Waals surface area contributed by atoms with E-state index in [9.17, 15) is 10.1 Å². The summed E-state index contributed by atoms with van der Waals surface area (Å²) in [6, 6.07) is 11.7. The minimum atomic E-state index is -0.359. The molecule has 2 aromatic rings. The van der Waals surface area contributed by atoms with Crippen LogP contribution in [0, 0.1) is 17.2 Å². The number of hydrogen-bond acceptors (Lipinski definition) is 8. The molecule has 1 fully saturated rings. The minimum Gasteiger partial charge on any atom is -0.492 e. The third kappa shape index (κ3) is 8.55. The van der Waals surface area contributed by atoms with E-state index in [1.807, 2.05) is 51.4 Å². The zero-order valence-electron chi connectivity index (χ0n) is 23.9. The first-order valence-electron chi connectivity index (χ1n) is 14.2. The molecule has 9 nitrogen and oxygen atoms in total. The summed E-state index contributed by atoms with van der Waals surface area (Å²) in [4.78, 5) is 14.8. The Kier molecular flexibility index (Phi) is 11.2. The van der Waals surface area contributed by atoms with Crippen LogP contribution >= 0.6 is 23.2 Å². The molecule has 0 bridgehead atoms. The summed E-state index contributed by atoms with van der Waals surface area (Å²) in [5.74, 6) is 0.760. The molecular formula is C30H40Cl2N6O3. The SMILES string of the molecule is CCOc1cc2c(cc1NC(=O)CCCN(C)C)C(Nc1ccc(OCC3CCC(Cl)CN3)c(Cl)c1)C(C#N)CN2. The molecule has 0 aromatic heterocycles. The van der Waals surface area contributed by atoms with Crippen molar-refractivity contribution in [3.05, 3.63) is 40.9 Å². The second kappa shape index (κ2) is 14.8. The van der Waals surface area contributed by atoms with Crippen molar-refractivity contribution in [1.82, 2.24) is 10.2 Å². The van der Waals surface area contributed by atoms with Crippen molar-refractivity contribution < 1.29 is 14.3 Å². The fourth-order valence-corrected chi connectivity index (χ4v) is 5.55. The number of ether oxygens (including phenoxy) is 2. The highest BCUT2D eigenvalue weighted by Gasteiger charge is 2.31. The maximum atomic E-state index is 12.7. The highest BCUT2D eigenvalue weighted by Crippen LogP contribution is 2.42. The van der Waals surface area contributed by atoms with Gasteiger partial charge >= 0.3 is 0 Å². The lowest BCUT2D eigenvalue weighted by Crippen LogP contribution is -2.42. The van der Waals surface area contributed by atoms with Crippen LogP contribution in [0.25, 0.3) is 0 Å². The number of carbonyl (C=O) groups is 1. The predicted octanol–water partition coefficient (Wildman–Crippen LogP) is 5.48. The summed E-state index contributed by atoms with van der Waals surface area (Å²) in [7, 11) is 3.97. The number of fused-ring (bicyclic) bond motifs is 1. The van der Waals surface area contributed by atoms with Crippen LogP contribution in [0.15, 0.2) is 30.3 Å². The normalized spacial score (nSPS) is 21.8. The molecular weight excluding hydrogens is 563 g/mol. The van der Waals surface area contributed by atoms with Crippen molar-refractivity contribution in [3.63, 3.8) is 0 Å². The van der Waals surface area contributed by atoms with Crippen LogP contribution in [-0.2, 0) is 4.79 Å². The van der Waals surface area contributed by atoms with E-state index in [4.69, 9.17) is 32.7 Å². The standard InChI is InChI=1S/C30H40Cl2N6O3/c1-4-40-28-14-25-23(13-26(28)37-29(39)6-5-11-38(2)3)30(19(15-33)16-35-25)36-21-9-10-27(24(32)12-21)41-18-22-8-7-20(31)17-34-22/h9-10,12-14,19-20,22,30,34-36H,4-8,11,16-18H2,1-3H3,(H,37,39). The van der Waals surface area contributed by atoms with Crippen molar-refractivity contribution >= 4 is 46.2 Å². The molecule has 11 heteroatoms. The molecule has 0 aliphatic carbocycles. The van der Waals surface area contributed by atoms with E-state index in [2.05, 4.69) is 32.2 Å². The lowest BCUT2D eigenvalue weighted by Gasteiger charge is -2.33. The Bertz CT molecular complexity index is 1230. The van der Waals surface area contributed by atoms with Crippen molar-refractivity contribution in [2.75, 3.05) is 62.9 Å². The summed E-state index contributed by atoms with van der Waals surface area (Å²) in [5.41, 5.74) is 3.08. The van der Waals surface area contributed by atoms with Gasteiger partial charge in [-0.3, -0.25) is 4.79 Å². The monoisotopic (exact) mass is 602 g/mol. The van der Waals surface area contributed by atoms with Crippen LogP contribution < -0.4 is 30.7 Å². The Labute approximate surface area is 252 Å². The number of hydrogen-bond donors (Lipinski definition) is 4. The van der Waals surface area contributed by atoms with Gasteiger partial charge in [0.1, 0.15) is 18.1 Å². The van der Waals surface area contributed by atoms with Gasteiger partial charge in [0.25, 0.3) is 0 Å². The first kappa shape index (κ1) is 31.0. The van der Waals surface area contributed by atoms with Crippen LogP contribution in [-0.4, -0.2) is 69.2 Å². The molecule has 0 spiro atoms. The number of anilines is 3. The third-order valence-electron chi connectivity index (χ3n) is 7.30. The maximum absolute atomic E-state index is 12.7. The van der Waals surface area contributed by atoms with Crippen LogP contribution in [0.3, 0.4) is 0 Å². The first-order valence-corrected chi connectivity index (χ1v) is 15.0. The third-order valence-corrected chi connectivity index (χ3v) is 7.97. The van der Waals surface area contributed by atoms with E-state index in [-0.39, 0.29) is 29.3 Å². The highest BCUT2D eigenvalue weighted by atomic mass is 35.5. The smallest absolute Gasteiger partial charge is 0.224 e. The maximum Gasteiger partial charge on any atom is 0.224 e. The molecule has 2 heterocycles.